The molecular formula is C48H45N7O. The quantitative estimate of drug-likeness (QED) is 0.104. The minimum absolute atomic E-state index is 0.0770. The van der Waals surface area contributed by atoms with Crippen molar-refractivity contribution in [3.05, 3.63) is 214 Å². The van der Waals surface area contributed by atoms with E-state index < -0.39 is 5.54 Å². The number of aromatic nitrogens is 7. The predicted octanol–water partition coefficient (Wildman–Crippen LogP) is 9.60. The van der Waals surface area contributed by atoms with Gasteiger partial charge >= 0.3 is 5.69 Å². The fourth-order valence-electron chi connectivity index (χ4n) is 7.95. The first-order valence-electron chi connectivity index (χ1n) is 19.5. The molecule has 8 rings (SSSR count). The van der Waals surface area contributed by atoms with E-state index in [0.717, 1.165) is 76.0 Å². The molecule has 2 aromatic heterocycles. The molecule has 0 bridgehead atoms. The summed E-state index contributed by atoms with van der Waals surface area (Å²) in [6.07, 6.45) is 3.51. The van der Waals surface area contributed by atoms with Gasteiger partial charge in [0.2, 0.25) is 0 Å². The second-order valence-electron chi connectivity index (χ2n) is 14.1. The van der Waals surface area contributed by atoms with E-state index in [4.69, 9.17) is 15.4 Å². The average molecular weight is 736 g/mol. The van der Waals surface area contributed by atoms with Crippen LogP contribution in [0, 0.1) is 0 Å². The first-order valence-corrected chi connectivity index (χ1v) is 19.5. The van der Waals surface area contributed by atoms with Crippen LogP contribution in [0.3, 0.4) is 0 Å². The number of unbranched alkanes of at least 4 members (excludes halogenated alkanes) is 1. The van der Waals surface area contributed by atoms with Crippen molar-refractivity contribution in [2.45, 2.75) is 57.7 Å². The summed E-state index contributed by atoms with van der Waals surface area (Å²) >= 11 is 0. The van der Waals surface area contributed by atoms with Crippen molar-refractivity contribution in [2.24, 2.45) is 0 Å². The average Bonchev–Trinajstić information content (AvgIpc) is 3.87. The molecule has 0 fully saturated rings. The van der Waals surface area contributed by atoms with Gasteiger partial charge in [-0.3, -0.25) is 4.57 Å². The van der Waals surface area contributed by atoms with E-state index in [1.54, 1.807) is 4.68 Å². The van der Waals surface area contributed by atoms with Crippen LogP contribution in [0.5, 0.6) is 0 Å². The predicted molar refractivity (Wildman–Crippen MR) is 222 cm³/mol. The van der Waals surface area contributed by atoms with Gasteiger partial charge in [0, 0.05) is 12.0 Å². The molecule has 0 amide bonds. The number of hydrogen-bond acceptors (Lipinski definition) is 5. The summed E-state index contributed by atoms with van der Waals surface area (Å²) in [6.45, 7) is 4.71. The highest BCUT2D eigenvalue weighted by molar-refractivity contribution is 5.81. The molecule has 0 aliphatic heterocycles. The van der Waals surface area contributed by atoms with Gasteiger partial charge < -0.3 is 0 Å². The zero-order valence-electron chi connectivity index (χ0n) is 31.8. The SMILES string of the molecule is CCCCc1nn(C(CC)c2ccccc2)c(=O)n1Cc1ccc(-c2ccccc2-c2nnnn2C(c2ccccc2)(c2ccccc2)c2ccccc2)cc1. The number of rotatable bonds is 14. The Morgan fingerprint density at radius 3 is 1.71 bits per heavy atom. The highest BCUT2D eigenvalue weighted by atomic mass is 16.2. The minimum atomic E-state index is -0.871. The maximum atomic E-state index is 14.1. The van der Waals surface area contributed by atoms with Crippen molar-refractivity contribution < 1.29 is 0 Å². The number of hydrogen-bond donors (Lipinski definition) is 0. The normalized spacial score (nSPS) is 12.1. The topological polar surface area (TPSA) is 83.4 Å². The molecule has 0 aliphatic rings. The van der Waals surface area contributed by atoms with Gasteiger partial charge in [-0.05, 0) is 62.2 Å². The van der Waals surface area contributed by atoms with Gasteiger partial charge in [-0.1, -0.05) is 190 Å². The summed E-state index contributed by atoms with van der Waals surface area (Å²) in [5.74, 6) is 1.47. The standard InChI is InChI=1S/C48H45N7O/c1-3-5-30-45-50-54(44(4-2)38-20-10-6-11-21-38)47(56)53(45)35-36-31-33-37(34-32-36)42-28-18-19-29-43(42)46-49-51-52-55(46)48(39-22-12-7-13-23-39,40-24-14-8-15-25-40)41-26-16-9-17-27-41/h6-29,31-34,44H,3-5,30,35H2,1-2H3. The van der Waals surface area contributed by atoms with E-state index in [2.05, 4.69) is 140 Å². The fraction of sp³-hybridized carbons (Fsp3) is 0.188. The van der Waals surface area contributed by atoms with Gasteiger partial charge in [0.05, 0.1) is 12.6 Å². The Kier molecular flexibility index (Phi) is 10.6. The van der Waals surface area contributed by atoms with E-state index in [0.29, 0.717) is 12.4 Å². The van der Waals surface area contributed by atoms with Crippen molar-refractivity contribution in [1.82, 2.24) is 34.6 Å². The molecule has 0 radical (unpaired) electrons. The highest BCUT2D eigenvalue weighted by Crippen LogP contribution is 2.43. The first-order chi connectivity index (χ1) is 27.6. The molecule has 1 atom stereocenters. The number of aryl methyl sites for hydroxylation is 1. The van der Waals surface area contributed by atoms with Crippen molar-refractivity contribution in [3.8, 4) is 22.5 Å². The monoisotopic (exact) mass is 735 g/mol. The summed E-state index contributed by atoms with van der Waals surface area (Å²) in [5, 5.41) is 18.8. The second-order valence-corrected chi connectivity index (χ2v) is 14.1. The molecule has 2 heterocycles. The molecule has 0 N–H and O–H groups in total. The van der Waals surface area contributed by atoms with E-state index in [9.17, 15) is 4.79 Å². The Hall–Kier alpha value is -6.67. The third-order valence-electron chi connectivity index (χ3n) is 10.7. The van der Waals surface area contributed by atoms with Crippen molar-refractivity contribution >= 4 is 0 Å². The third-order valence-corrected chi connectivity index (χ3v) is 10.7. The van der Waals surface area contributed by atoms with E-state index in [1.807, 2.05) is 57.8 Å². The van der Waals surface area contributed by atoms with Crippen molar-refractivity contribution in [2.75, 3.05) is 0 Å². The lowest BCUT2D eigenvalue weighted by atomic mass is 9.77. The smallest absolute Gasteiger partial charge is 0.274 e. The summed E-state index contributed by atoms with van der Waals surface area (Å²) in [7, 11) is 0. The van der Waals surface area contributed by atoms with E-state index in [1.165, 1.54) is 0 Å². The van der Waals surface area contributed by atoms with E-state index >= 15 is 0 Å². The third kappa shape index (κ3) is 6.79. The molecule has 56 heavy (non-hydrogen) atoms. The molecule has 0 aliphatic carbocycles. The van der Waals surface area contributed by atoms with Gasteiger partial charge in [-0.25, -0.2) is 14.2 Å². The molecule has 1 unspecified atom stereocenters. The van der Waals surface area contributed by atoms with Crippen LogP contribution in [0.4, 0.5) is 0 Å². The van der Waals surface area contributed by atoms with Gasteiger partial charge in [0.1, 0.15) is 11.4 Å². The molecule has 8 nitrogen and oxygen atoms in total. The fourth-order valence-corrected chi connectivity index (χ4v) is 7.95. The highest BCUT2D eigenvalue weighted by Gasteiger charge is 2.42. The lowest BCUT2D eigenvalue weighted by molar-refractivity contribution is 0.451. The number of nitrogens with zero attached hydrogens (tertiary/aromatic N) is 7. The Morgan fingerprint density at radius 2 is 1.16 bits per heavy atom. The summed E-state index contributed by atoms with van der Waals surface area (Å²) in [6, 6.07) is 58.1. The van der Waals surface area contributed by atoms with Crippen LogP contribution >= 0.6 is 0 Å². The number of benzene rings is 6. The molecule has 6 aromatic carbocycles. The van der Waals surface area contributed by atoms with Gasteiger partial charge in [-0.2, -0.15) is 5.10 Å². The van der Waals surface area contributed by atoms with Gasteiger partial charge in [0.15, 0.2) is 5.82 Å². The molecule has 8 aromatic rings. The molecule has 278 valence electrons. The molecule has 0 saturated heterocycles. The maximum absolute atomic E-state index is 14.1. The lowest BCUT2D eigenvalue weighted by Crippen LogP contribution is -2.39. The lowest BCUT2D eigenvalue weighted by Gasteiger charge is -2.36. The van der Waals surface area contributed by atoms with Gasteiger partial charge in [0.25, 0.3) is 0 Å². The maximum Gasteiger partial charge on any atom is 0.346 e. The summed E-state index contributed by atoms with van der Waals surface area (Å²) < 4.78 is 5.52. The van der Waals surface area contributed by atoms with Crippen LogP contribution in [-0.4, -0.2) is 34.6 Å². The Labute approximate surface area is 327 Å². The second kappa shape index (κ2) is 16.4. The van der Waals surface area contributed by atoms with Crippen LogP contribution in [0.15, 0.2) is 175 Å². The van der Waals surface area contributed by atoms with Crippen LogP contribution < -0.4 is 5.69 Å². The van der Waals surface area contributed by atoms with E-state index in [-0.39, 0.29) is 11.7 Å². The molecule has 0 saturated carbocycles. The largest absolute Gasteiger partial charge is 0.346 e. The van der Waals surface area contributed by atoms with Crippen LogP contribution in [0.25, 0.3) is 22.5 Å². The molecule has 8 heteroatoms. The minimum Gasteiger partial charge on any atom is -0.274 e. The first kappa shape index (κ1) is 36.3. The zero-order chi connectivity index (χ0) is 38.3. The van der Waals surface area contributed by atoms with Crippen LogP contribution in [0.1, 0.15) is 72.8 Å². The van der Waals surface area contributed by atoms with Crippen LogP contribution in [-0.2, 0) is 18.5 Å². The van der Waals surface area contributed by atoms with Gasteiger partial charge in [-0.15, -0.1) is 5.10 Å². The Balaban J connectivity index is 1.19. The van der Waals surface area contributed by atoms with Crippen molar-refractivity contribution in [3.63, 3.8) is 0 Å². The van der Waals surface area contributed by atoms with Crippen molar-refractivity contribution in [1.29, 1.82) is 0 Å². The Morgan fingerprint density at radius 1 is 0.625 bits per heavy atom. The molecular weight excluding hydrogens is 691 g/mol. The summed E-state index contributed by atoms with van der Waals surface area (Å²) in [5.41, 5.74) is 7.22. The molecule has 0 spiro atoms. The summed E-state index contributed by atoms with van der Waals surface area (Å²) in [4.78, 5) is 14.1. The zero-order valence-corrected chi connectivity index (χ0v) is 31.8. The number of tetrazole rings is 1. The van der Waals surface area contributed by atoms with Crippen LogP contribution in [0.2, 0.25) is 0 Å². The Bertz CT molecular complexity index is 2450.